The smallest absolute Gasteiger partial charge is 0.330 e. The van der Waals surface area contributed by atoms with Crippen molar-refractivity contribution in [1.82, 2.24) is 0 Å². The fraction of sp³-hybridized carbons (Fsp3) is 0.769. The maximum atomic E-state index is 10.8. The van der Waals surface area contributed by atoms with Crippen molar-refractivity contribution in [2.45, 2.75) is 45.2 Å². The van der Waals surface area contributed by atoms with Gasteiger partial charge >= 0.3 is 5.97 Å². The predicted molar refractivity (Wildman–Crippen MR) is 73.9 cm³/mol. The van der Waals surface area contributed by atoms with Gasteiger partial charge in [-0.3, -0.25) is 0 Å². The van der Waals surface area contributed by atoms with Gasteiger partial charge in [-0.1, -0.05) is 38.4 Å². The molecule has 0 aliphatic carbocycles. The van der Waals surface area contributed by atoms with Crippen LogP contribution < -0.4 is 0 Å². The van der Waals surface area contributed by atoms with E-state index in [4.69, 9.17) is 9.47 Å². The Morgan fingerprint density at radius 2 is 2.06 bits per heavy atom. The molecule has 0 rings (SSSR count). The normalized spacial score (nSPS) is 12.1. The predicted octanol–water partition coefficient (Wildman–Crippen LogP) is 2.71. The van der Waals surface area contributed by atoms with E-state index in [2.05, 4.69) is 13.5 Å². The minimum Gasteiger partial charge on any atom is -0.463 e. The number of ether oxygens (including phenoxy) is 2. The first-order chi connectivity index (χ1) is 8.24. The second-order valence-electron chi connectivity index (χ2n) is 4.18. The molecule has 0 radical (unpaired) electrons. The Morgan fingerprint density at radius 1 is 1.29 bits per heavy atom. The highest BCUT2D eigenvalue weighted by Gasteiger charge is 2.09. The molecule has 100 valence electrons. The number of unbranched alkanes of at least 4 members (excludes halogenated alkanes) is 1. The van der Waals surface area contributed by atoms with Crippen molar-refractivity contribution >= 4 is 14.8 Å². The Balaban J connectivity index is 3.52. The van der Waals surface area contributed by atoms with Crippen LogP contribution in [0.1, 0.15) is 33.1 Å². The van der Waals surface area contributed by atoms with E-state index in [9.17, 15) is 4.79 Å². The van der Waals surface area contributed by atoms with E-state index in [1.807, 2.05) is 6.92 Å². The maximum Gasteiger partial charge on any atom is 0.330 e. The van der Waals surface area contributed by atoms with Crippen molar-refractivity contribution < 1.29 is 14.3 Å². The minimum atomic E-state index is -0.709. The van der Waals surface area contributed by atoms with Crippen LogP contribution in [-0.4, -0.2) is 34.2 Å². The van der Waals surface area contributed by atoms with Crippen molar-refractivity contribution in [3.8, 4) is 0 Å². The number of carbonyl (C=O) groups is 1. The standard InChI is InChI=1S/C13H26O3Si/c1-4-10-17(12-15-6-3)11-8-7-9-16-13(14)5-2/h5,17H,2,4,6-12H2,1,3H3. The van der Waals surface area contributed by atoms with Crippen LogP contribution in [0.25, 0.3) is 0 Å². The third-order valence-corrected chi connectivity index (χ3v) is 6.00. The molecule has 0 heterocycles. The fourth-order valence-corrected chi connectivity index (χ4v) is 4.64. The second-order valence-corrected chi connectivity index (χ2v) is 7.40. The van der Waals surface area contributed by atoms with Gasteiger partial charge in [-0.05, 0) is 13.3 Å². The molecule has 3 nitrogen and oxygen atoms in total. The summed E-state index contributed by atoms with van der Waals surface area (Å²) >= 11 is 0. The topological polar surface area (TPSA) is 35.5 Å². The van der Waals surface area contributed by atoms with Gasteiger partial charge in [0, 0.05) is 18.9 Å². The van der Waals surface area contributed by atoms with Crippen molar-refractivity contribution in [3.63, 3.8) is 0 Å². The molecule has 4 heteroatoms. The third kappa shape index (κ3) is 10.3. The van der Waals surface area contributed by atoms with E-state index in [0.717, 1.165) is 25.7 Å². The number of hydrogen-bond donors (Lipinski definition) is 0. The van der Waals surface area contributed by atoms with Crippen LogP contribution in [-0.2, 0) is 14.3 Å². The largest absolute Gasteiger partial charge is 0.463 e. The summed E-state index contributed by atoms with van der Waals surface area (Å²) in [7, 11) is -0.709. The van der Waals surface area contributed by atoms with Crippen LogP contribution in [0.2, 0.25) is 12.1 Å². The summed E-state index contributed by atoms with van der Waals surface area (Å²) in [6.07, 6.45) is 5.57. The lowest BCUT2D eigenvalue weighted by atomic mass is 10.4. The van der Waals surface area contributed by atoms with Gasteiger partial charge in [-0.15, -0.1) is 0 Å². The van der Waals surface area contributed by atoms with Gasteiger partial charge in [-0.25, -0.2) is 4.79 Å². The van der Waals surface area contributed by atoms with Gasteiger partial charge in [0.1, 0.15) is 0 Å². The van der Waals surface area contributed by atoms with Gasteiger partial charge in [0.15, 0.2) is 0 Å². The molecule has 0 saturated carbocycles. The van der Waals surface area contributed by atoms with Crippen LogP contribution in [0.15, 0.2) is 12.7 Å². The molecule has 0 aromatic heterocycles. The van der Waals surface area contributed by atoms with E-state index >= 15 is 0 Å². The van der Waals surface area contributed by atoms with E-state index in [-0.39, 0.29) is 5.97 Å². The Morgan fingerprint density at radius 3 is 2.65 bits per heavy atom. The molecule has 0 bridgehead atoms. The summed E-state index contributed by atoms with van der Waals surface area (Å²) < 4.78 is 10.5. The lowest BCUT2D eigenvalue weighted by Gasteiger charge is -2.13. The highest BCUT2D eigenvalue weighted by molar-refractivity contribution is 6.58. The zero-order valence-electron chi connectivity index (χ0n) is 11.2. The van der Waals surface area contributed by atoms with Crippen molar-refractivity contribution in [2.24, 2.45) is 0 Å². The number of rotatable bonds is 11. The van der Waals surface area contributed by atoms with Crippen LogP contribution in [0.4, 0.5) is 0 Å². The molecule has 0 aliphatic heterocycles. The molecule has 17 heavy (non-hydrogen) atoms. The van der Waals surface area contributed by atoms with Gasteiger partial charge in [0.2, 0.25) is 0 Å². The summed E-state index contributed by atoms with van der Waals surface area (Å²) in [6.45, 7) is 8.99. The summed E-state index contributed by atoms with van der Waals surface area (Å²) in [6, 6.07) is 2.64. The highest BCUT2D eigenvalue weighted by Crippen LogP contribution is 2.09. The average Bonchev–Trinajstić information content (AvgIpc) is 2.34. The average molecular weight is 258 g/mol. The first-order valence-electron chi connectivity index (χ1n) is 6.61. The van der Waals surface area contributed by atoms with Gasteiger partial charge in [-0.2, -0.15) is 0 Å². The lowest BCUT2D eigenvalue weighted by Crippen LogP contribution is -2.20. The van der Waals surface area contributed by atoms with Crippen LogP contribution >= 0.6 is 0 Å². The minimum absolute atomic E-state index is 0.318. The monoisotopic (exact) mass is 258 g/mol. The summed E-state index contributed by atoms with van der Waals surface area (Å²) in [5.41, 5.74) is 0. The van der Waals surface area contributed by atoms with Gasteiger partial charge < -0.3 is 9.47 Å². The molecule has 1 atom stereocenters. The number of carbonyl (C=O) groups excluding carboxylic acids is 1. The molecule has 0 aliphatic rings. The van der Waals surface area contributed by atoms with Crippen molar-refractivity contribution in [3.05, 3.63) is 12.7 Å². The van der Waals surface area contributed by atoms with E-state index in [0.29, 0.717) is 6.61 Å². The van der Waals surface area contributed by atoms with Crippen molar-refractivity contribution in [2.75, 3.05) is 19.4 Å². The quantitative estimate of drug-likeness (QED) is 0.247. The molecular formula is C13H26O3Si. The zero-order valence-corrected chi connectivity index (χ0v) is 12.4. The Kier molecular flexibility index (Phi) is 11.4. The molecular weight excluding hydrogens is 232 g/mol. The molecule has 0 saturated heterocycles. The van der Waals surface area contributed by atoms with E-state index < -0.39 is 8.80 Å². The zero-order chi connectivity index (χ0) is 12.9. The van der Waals surface area contributed by atoms with Crippen molar-refractivity contribution in [1.29, 1.82) is 0 Å². The molecule has 1 unspecified atom stereocenters. The Labute approximate surface area is 107 Å². The first kappa shape index (κ1) is 16.4. The molecule has 0 aromatic carbocycles. The summed E-state index contributed by atoms with van der Waals surface area (Å²) in [5.74, 6) is -0.318. The Bertz CT molecular complexity index is 207. The van der Waals surface area contributed by atoms with Crippen LogP contribution in [0.3, 0.4) is 0 Å². The molecule has 0 fully saturated rings. The summed E-state index contributed by atoms with van der Waals surface area (Å²) in [4.78, 5) is 10.8. The first-order valence-corrected chi connectivity index (χ1v) is 9.06. The number of hydrogen-bond acceptors (Lipinski definition) is 3. The SMILES string of the molecule is C=CC(=O)OCCCC[SiH](CCC)COCC. The van der Waals surface area contributed by atoms with E-state index in [1.54, 1.807) is 0 Å². The fourth-order valence-electron chi connectivity index (χ4n) is 1.77. The van der Waals surface area contributed by atoms with E-state index in [1.165, 1.54) is 24.6 Å². The maximum absolute atomic E-state index is 10.8. The molecule has 0 aromatic rings. The Hall–Kier alpha value is -0.613. The van der Waals surface area contributed by atoms with Gasteiger partial charge in [0.25, 0.3) is 0 Å². The summed E-state index contributed by atoms with van der Waals surface area (Å²) in [5, 5.41) is 0. The lowest BCUT2D eigenvalue weighted by molar-refractivity contribution is -0.137. The number of esters is 1. The second kappa shape index (κ2) is 11.9. The van der Waals surface area contributed by atoms with Gasteiger partial charge in [0.05, 0.1) is 15.4 Å². The third-order valence-electron chi connectivity index (χ3n) is 2.67. The van der Waals surface area contributed by atoms with Crippen LogP contribution in [0.5, 0.6) is 0 Å². The molecule has 0 amide bonds. The molecule has 0 spiro atoms. The van der Waals surface area contributed by atoms with Crippen LogP contribution in [0, 0.1) is 0 Å². The molecule has 0 N–H and O–H groups in total. The highest BCUT2D eigenvalue weighted by atomic mass is 28.3.